The first-order valence-corrected chi connectivity index (χ1v) is 4.25. The molecule has 5 heteroatoms. The van der Waals surface area contributed by atoms with E-state index in [1.165, 1.54) is 6.07 Å². The molecule has 0 fully saturated rings. The zero-order chi connectivity index (χ0) is 8.43. The Labute approximate surface area is 111 Å². The van der Waals surface area contributed by atoms with E-state index in [-0.39, 0.29) is 40.1 Å². The van der Waals surface area contributed by atoms with E-state index in [4.69, 9.17) is 16.7 Å². The first kappa shape index (κ1) is 12.7. The standard InChI is InChI=1S/C7H4ClIO2.Na.H/c8-6-2-1-4(9)3-5(6)7(10)11;;/h1-3H,(H,10,11);;. The van der Waals surface area contributed by atoms with Gasteiger partial charge in [-0.15, -0.1) is 0 Å². The van der Waals surface area contributed by atoms with E-state index in [1.807, 2.05) is 22.6 Å². The molecule has 0 bridgehead atoms. The molecule has 0 saturated heterocycles. The second-order valence-electron chi connectivity index (χ2n) is 1.93. The fraction of sp³-hybridized carbons (Fsp3) is 0. The number of carboxylic acid groups (broad SMARTS) is 1. The van der Waals surface area contributed by atoms with Gasteiger partial charge in [0.1, 0.15) is 0 Å². The number of aromatic carboxylic acids is 1. The van der Waals surface area contributed by atoms with Crippen molar-refractivity contribution in [1.29, 1.82) is 0 Å². The summed E-state index contributed by atoms with van der Waals surface area (Å²) in [4.78, 5) is 10.5. The molecular formula is C7H5ClINaO2. The van der Waals surface area contributed by atoms with Crippen molar-refractivity contribution in [3.05, 3.63) is 32.4 Å². The van der Waals surface area contributed by atoms with Crippen LogP contribution in [0.4, 0.5) is 0 Å². The minimum absolute atomic E-state index is 0. The van der Waals surface area contributed by atoms with Crippen molar-refractivity contribution in [2.24, 2.45) is 0 Å². The minimum atomic E-state index is -0.992. The first-order valence-electron chi connectivity index (χ1n) is 2.79. The van der Waals surface area contributed by atoms with Crippen LogP contribution in [-0.2, 0) is 0 Å². The van der Waals surface area contributed by atoms with Crippen LogP contribution < -0.4 is 0 Å². The maximum atomic E-state index is 10.5. The van der Waals surface area contributed by atoms with Crippen molar-refractivity contribution in [2.45, 2.75) is 0 Å². The molecule has 1 N–H and O–H groups in total. The summed E-state index contributed by atoms with van der Waals surface area (Å²) in [7, 11) is 0. The Hall–Kier alpha value is 0.710. The van der Waals surface area contributed by atoms with Crippen LogP contribution in [-0.4, -0.2) is 40.6 Å². The van der Waals surface area contributed by atoms with Crippen LogP contribution in [0.1, 0.15) is 10.4 Å². The number of hydrogen-bond donors (Lipinski definition) is 1. The molecule has 1 rings (SSSR count). The van der Waals surface area contributed by atoms with Crippen LogP contribution in [0, 0.1) is 3.57 Å². The van der Waals surface area contributed by atoms with Gasteiger partial charge in [0.05, 0.1) is 10.6 Å². The third-order valence-electron chi connectivity index (χ3n) is 1.16. The van der Waals surface area contributed by atoms with Crippen molar-refractivity contribution >= 4 is 69.7 Å². The van der Waals surface area contributed by atoms with Gasteiger partial charge in [0.2, 0.25) is 0 Å². The number of carbonyl (C=O) groups is 1. The molecule has 1 aromatic rings. The average Bonchev–Trinajstić information content (AvgIpc) is 1.94. The van der Waals surface area contributed by atoms with Crippen LogP contribution in [0.5, 0.6) is 0 Å². The van der Waals surface area contributed by atoms with Crippen molar-refractivity contribution in [1.82, 2.24) is 0 Å². The Bertz CT molecular complexity index is 303. The van der Waals surface area contributed by atoms with E-state index in [9.17, 15) is 4.79 Å². The molecule has 0 saturated carbocycles. The summed E-state index contributed by atoms with van der Waals surface area (Å²) < 4.78 is 0.865. The Kier molecular flexibility index (Phi) is 5.76. The third-order valence-corrected chi connectivity index (χ3v) is 2.16. The van der Waals surface area contributed by atoms with E-state index in [1.54, 1.807) is 12.1 Å². The number of benzene rings is 1. The summed E-state index contributed by atoms with van der Waals surface area (Å²) in [6, 6.07) is 4.87. The molecule has 0 aliphatic rings. The molecule has 0 spiro atoms. The van der Waals surface area contributed by atoms with E-state index in [2.05, 4.69) is 0 Å². The summed E-state index contributed by atoms with van der Waals surface area (Å²) in [5, 5.41) is 8.88. The molecule has 60 valence electrons. The SMILES string of the molecule is O=C(O)c1cc(I)ccc1Cl.[NaH]. The van der Waals surface area contributed by atoms with Gasteiger partial charge >= 0.3 is 35.5 Å². The molecule has 0 aromatic heterocycles. The molecule has 0 amide bonds. The Morgan fingerprint density at radius 1 is 1.50 bits per heavy atom. The summed E-state index contributed by atoms with van der Waals surface area (Å²) in [6.45, 7) is 0. The fourth-order valence-corrected chi connectivity index (χ4v) is 1.35. The quantitative estimate of drug-likeness (QED) is 0.636. The number of carboxylic acids is 1. The second kappa shape index (κ2) is 5.44. The first-order chi connectivity index (χ1) is 5.11. The van der Waals surface area contributed by atoms with Crippen molar-refractivity contribution in [3.63, 3.8) is 0 Å². The van der Waals surface area contributed by atoms with Crippen LogP contribution in [0.25, 0.3) is 0 Å². The summed E-state index contributed by atoms with van der Waals surface area (Å²) in [6.07, 6.45) is 0. The van der Waals surface area contributed by atoms with Crippen LogP contribution in [0.2, 0.25) is 5.02 Å². The molecule has 0 unspecified atom stereocenters. The van der Waals surface area contributed by atoms with Gasteiger partial charge in [-0.25, -0.2) is 4.79 Å². The summed E-state index contributed by atoms with van der Waals surface area (Å²) >= 11 is 7.64. The van der Waals surface area contributed by atoms with Crippen molar-refractivity contribution < 1.29 is 9.90 Å². The molecule has 1 aromatic carbocycles. The Morgan fingerprint density at radius 2 is 2.08 bits per heavy atom. The van der Waals surface area contributed by atoms with Gasteiger partial charge < -0.3 is 5.11 Å². The van der Waals surface area contributed by atoms with Gasteiger partial charge in [0.15, 0.2) is 0 Å². The zero-order valence-electron chi connectivity index (χ0n) is 5.34. The summed E-state index contributed by atoms with van der Waals surface area (Å²) in [5.74, 6) is -0.992. The number of rotatable bonds is 1. The van der Waals surface area contributed by atoms with Crippen LogP contribution in [0.3, 0.4) is 0 Å². The van der Waals surface area contributed by atoms with Gasteiger partial charge in [0.25, 0.3) is 0 Å². The van der Waals surface area contributed by atoms with Crippen molar-refractivity contribution in [2.75, 3.05) is 0 Å². The third kappa shape index (κ3) is 3.22. The van der Waals surface area contributed by atoms with E-state index in [0.717, 1.165) is 3.57 Å². The predicted molar refractivity (Wildman–Crippen MR) is 58.3 cm³/mol. The van der Waals surface area contributed by atoms with E-state index in [0.29, 0.717) is 0 Å². The maximum absolute atomic E-state index is 10.5. The second-order valence-corrected chi connectivity index (χ2v) is 3.58. The number of halogens is 2. The molecular weight excluding hydrogens is 301 g/mol. The summed E-state index contributed by atoms with van der Waals surface area (Å²) in [5.41, 5.74) is 0.151. The van der Waals surface area contributed by atoms with E-state index < -0.39 is 5.97 Å². The molecule has 0 aliphatic heterocycles. The normalized spacial score (nSPS) is 8.83. The average molecular weight is 306 g/mol. The van der Waals surface area contributed by atoms with Gasteiger partial charge in [-0.3, -0.25) is 0 Å². The molecule has 0 atom stereocenters. The molecule has 0 heterocycles. The predicted octanol–water partition coefficient (Wildman–Crippen LogP) is 1.99. The fourth-order valence-electron chi connectivity index (χ4n) is 0.661. The molecule has 0 radical (unpaired) electrons. The van der Waals surface area contributed by atoms with Gasteiger partial charge in [-0.1, -0.05) is 11.6 Å². The molecule has 0 aliphatic carbocycles. The van der Waals surface area contributed by atoms with Gasteiger partial charge in [-0.05, 0) is 40.8 Å². The van der Waals surface area contributed by atoms with Gasteiger partial charge in [0, 0.05) is 3.57 Å². The Balaban J connectivity index is 0.00000121. The van der Waals surface area contributed by atoms with Crippen LogP contribution >= 0.6 is 34.2 Å². The van der Waals surface area contributed by atoms with Crippen molar-refractivity contribution in [3.8, 4) is 0 Å². The van der Waals surface area contributed by atoms with Gasteiger partial charge in [-0.2, -0.15) is 0 Å². The number of hydrogen-bond acceptors (Lipinski definition) is 1. The zero-order valence-corrected chi connectivity index (χ0v) is 8.26. The molecule has 12 heavy (non-hydrogen) atoms. The monoisotopic (exact) mass is 306 g/mol. The topological polar surface area (TPSA) is 37.3 Å². The Morgan fingerprint density at radius 3 is 2.50 bits per heavy atom. The molecule has 2 nitrogen and oxygen atoms in total. The van der Waals surface area contributed by atoms with E-state index >= 15 is 0 Å². The van der Waals surface area contributed by atoms with Crippen LogP contribution in [0.15, 0.2) is 18.2 Å².